The van der Waals surface area contributed by atoms with E-state index in [4.69, 9.17) is 14.4 Å². The Morgan fingerprint density at radius 2 is 1.55 bits per heavy atom. The van der Waals surface area contributed by atoms with Crippen LogP contribution < -0.4 is 15.9 Å². The fraction of sp³-hybridized carbons (Fsp3) is 0.429. The number of rotatable bonds is 5. The van der Waals surface area contributed by atoms with Crippen molar-refractivity contribution in [1.29, 1.82) is 0 Å². The molecule has 1 fully saturated rings. The molecule has 2 aromatic rings. The summed E-state index contributed by atoms with van der Waals surface area (Å²) in [6.45, 7) is 11.5. The summed E-state index contributed by atoms with van der Waals surface area (Å²) in [5.41, 5.74) is 1.43. The molecule has 0 bridgehead atoms. The average Bonchev–Trinajstić information content (AvgIpc) is 2.83. The number of hydrogen-bond acceptors (Lipinski definition) is 5. The Morgan fingerprint density at radius 1 is 1.00 bits per heavy atom. The van der Waals surface area contributed by atoms with E-state index in [9.17, 15) is 8.42 Å². The molecule has 0 radical (unpaired) electrons. The highest BCUT2D eigenvalue weighted by Crippen LogP contribution is 2.38. The third-order valence-corrected chi connectivity index (χ3v) is 6.95. The third-order valence-electron chi connectivity index (χ3n) is 5.84. The van der Waals surface area contributed by atoms with Crippen molar-refractivity contribution in [3.05, 3.63) is 53.6 Å². The van der Waals surface area contributed by atoms with E-state index in [-0.39, 0.29) is 10.9 Å². The molecule has 3 rings (SSSR count). The van der Waals surface area contributed by atoms with Crippen molar-refractivity contribution in [1.82, 2.24) is 0 Å². The number of anilines is 1. The number of nitrogens with two attached hydrogens (primary N) is 1. The van der Waals surface area contributed by atoms with E-state index in [2.05, 4.69) is 5.32 Å². The van der Waals surface area contributed by atoms with Crippen LogP contribution in [0, 0.1) is 6.92 Å². The van der Waals surface area contributed by atoms with Gasteiger partial charge in [0.2, 0.25) is 10.0 Å². The van der Waals surface area contributed by atoms with Crippen molar-refractivity contribution >= 4 is 28.3 Å². The van der Waals surface area contributed by atoms with Gasteiger partial charge in [0.1, 0.15) is 0 Å². The molecule has 6 nitrogen and oxygen atoms in total. The van der Waals surface area contributed by atoms with E-state index in [0.29, 0.717) is 16.7 Å². The van der Waals surface area contributed by atoms with Gasteiger partial charge in [0.15, 0.2) is 0 Å². The van der Waals surface area contributed by atoms with E-state index in [1.54, 1.807) is 13.0 Å². The largest absolute Gasteiger partial charge is 0.498 e. The lowest BCUT2D eigenvalue weighted by Gasteiger charge is -2.32. The van der Waals surface area contributed by atoms with Gasteiger partial charge in [-0.05, 0) is 58.7 Å². The van der Waals surface area contributed by atoms with Gasteiger partial charge in [0, 0.05) is 17.2 Å². The number of nitrogens with one attached hydrogen (secondary N) is 1. The van der Waals surface area contributed by atoms with Crippen molar-refractivity contribution in [2.45, 2.75) is 63.7 Å². The van der Waals surface area contributed by atoms with Crippen molar-refractivity contribution in [2.24, 2.45) is 5.14 Å². The molecule has 1 saturated heterocycles. The number of sulfonamides is 1. The van der Waals surface area contributed by atoms with Gasteiger partial charge in [-0.15, -0.1) is 0 Å². The Balaban J connectivity index is 2.13. The van der Waals surface area contributed by atoms with Crippen molar-refractivity contribution < 1.29 is 17.7 Å². The highest BCUT2D eigenvalue weighted by molar-refractivity contribution is 7.89. The van der Waals surface area contributed by atoms with Gasteiger partial charge >= 0.3 is 7.12 Å². The van der Waals surface area contributed by atoms with Gasteiger partial charge in [-0.25, -0.2) is 13.6 Å². The number of hydrogen-bond donors (Lipinski definition) is 2. The molecule has 1 aliphatic rings. The summed E-state index contributed by atoms with van der Waals surface area (Å²) in [5.74, 6) is 0. The van der Waals surface area contributed by atoms with Crippen molar-refractivity contribution in [2.75, 3.05) is 5.32 Å². The molecule has 0 saturated carbocycles. The Bertz CT molecular complexity index is 991. The molecule has 3 N–H and O–H groups in total. The molecule has 1 atom stereocenters. The first kappa shape index (κ1) is 21.8. The highest BCUT2D eigenvalue weighted by atomic mass is 32.2. The molecule has 1 aliphatic heterocycles. The van der Waals surface area contributed by atoms with E-state index in [0.717, 1.165) is 5.56 Å². The summed E-state index contributed by atoms with van der Waals surface area (Å²) in [7, 11) is -4.86. The average molecular weight is 416 g/mol. The zero-order valence-electron chi connectivity index (χ0n) is 17.8. The maximum absolute atomic E-state index is 12.5. The van der Waals surface area contributed by atoms with Gasteiger partial charge in [0.25, 0.3) is 0 Å². The monoisotopic (exact) mass is 416 g/mol. The van der Waals surface area contributed by atoms with Crippen LogP contribution >= 0.6 is 0 Å². The zero-order chi connectivity index (χ0) is 21.6. The van der Waals surface area contributed by atoms with Crippen LogP contribution in [-0.2, 0) is 19.3 Å². The minimum Gasteiger partial charge on any atom is -0.399 e. The molecular formula is C21H29BN2O4S. The molecule has 29 heavy (non-hydrogen) atoms. The molecule has 0 spiro atoms. The second kappa shape index (κ2) is 7.43. The lowest BCUT2D eigenvalue weighted by atomic mass is 9.76. The van der Waals surface area contributed by atoms with Gasteiger partial charge < -0.3 is 14.6 Å². The Hall–Kier alpha value is -1.87. The quantitative estimate of drug-likeness (QED) is 0.731. The van der Waals surface area contributed by atoms with Crippen molar-refractivity contribution in [3.63, 3.8) is 0 Å². The fourth-order valence-electron chi connectivity index (χ4n) is 3.47. The molecule has 2 aromatic carbocycles. The number of benzene rings is 2. The van der Waals surface area contributed by atoms with Crippen LogP contribution in [0.3, 0.4) is 0 Å². The van der Waals surface area contributed by atoms with Gasteiger partial charge in [-0.3, -0.25) is 0 Å². The van der Waals surface area contributed by atoms with E-state index < -0.39 is 28.3 Å². The SMILES string of the molecule is Cc1ccc(N[C@@H](C)c2ccccc2)c(B2OC(C)(C)C(C)(C)O2)c1S(N)(=O)=O. The van der Waals surface area contributed by atoms with Crippen LogP contribution in [0.5, 0.6) is 0 Å². The first-order valence-electron chi connectivity index (χ1n) is 9.67. The summed E-state index contributed by atoms with van der Waals surface area (Å²) in [6, 6.07) is 13.5. The first-order valence-corrected chi connectivity index (χ1v) is 11.2. The second-order valence-electron chi connectivity index (χ2n) is 8.58. The molecular weight excluding hydrogens is 387 g/mol. The van der Waals surface area contributed by atoms with E-state index in [1.165, 1.54) is 0 Å². The number of primary sulfonamides is 1. The smallest absolute Gasteiger partial charge is 0.399 e. The minimum atomic E-state index is -4.00. The minimum absolute atomic E-state index is 0.0428. The predicted octanol–water partition coefficient (Wildman–Crippen LogP) is 3.11. The van der Waals surface area contributed by atoms with Crippen LogP contribution in [-0.4, -0.2) is 26.7 Å². The van der Waals surface area contributed by atoms with Crippen LogP contribution in [0.25, 0.3) is 0 Å². The molecule has 8 heteroatoms. The summed E-state index contributed by atoms with van der Waals surface area (Å²) in [4.78, 5) is 0.0428. The molecule has 156 valence electrons. The third kappa shape index (κ3) is 4.21. The first-order chi connectivity index (χ1) is 13.3. The standard InChI is InChI=1S/C21H29BN2O4S/c1-14-12-13-17(24-15(2)16-10-8-7-9-11-16)18(19(14)29(23,25)26)22-27-20(3,4)21(5,6)28-22/h7-13,15,24H,1-6H3,(H2,23,25,26)/t15-/m0/s1. The van der Waals surface area contributed by atoms with Crippen molar-refractivity contribution in [3.8, 4) is 0 Å². The summed E-state index contributed by atoms with van der Waals surface area (Å²) < 4.78 is 37.4. The van der Waals surface area contributed by atoms with Gasteiger partial charge in [0.05, 0.1) is 16.1 Å². The lowest BCUT2D eigenvalue weighted by Crippen LogP contribution is -2.41. The Labute approximate surface area is 174 Å². The fourth-order valence-corrected chi connectivity index (χ4v) is 4.49. The van der Waals surface area contributed by atoms with Crippen LogP contribution in [0.4, 0.5) is 5.69 Å². The second-order valence-corrected chi connectivity index (χ2v) is 10.1. The summed E-state index contributed by atoms with van der Waals surface area (Å²) in [5, 5.41) is 9.02. The topological polar surface area (TPSA) is 90.7 Å². The van der Waals surface area contributed by atoms with E-state index >= 15 is 0 Å². The Morgan fingerprint density at radius 3 is 2.07 bits per heavy atom. The molecule has 0 unspecified atom stereocenters. The molecule has 0 aromatic heterocycles. The van der Waals surface area contributed by atoms with E-state index in [1.807, 2.05) is 71.0 Å². The lowest BCUT2D eigenvalue weighted by molar-refractivity contribution is 0.00578. The summed E-state index contributed by atoms with van der Waals surface area (Å²) in [6.07, 6.45) is 0. The maximum Gasteiger partial charge on any atom is 0.498 e. The summed E-state index contributed by atoms with van der Waals surface area (Å²) >= 11 is 0. The Kier molecular flexibility index (Phi) is 5.60. The van der Waals surface area contributed by atoms with Crippen LogP contribution in [0.2, 0.25) is 0 Å². The highest BCUT2D eigenvalue weighted by Gasteiger charge is 2.53. The van der Waals surface area contributed by atoms with Gasteiger partial charge in [-0.2, -0.15) is 0 Å². The van der Waals surface area contributed by atoms with Crippen LogP contribution in [0.15, 0.2) is 47.4 Å². The van der Waals surface area contributed by atoms with Crippen LogP contribution in [0.1, 0.15) is 51.8 Å². The molecule has 0 amide bonds. The molecule has 1 heterocycles. The predicted molar refractivity (Wildman–Crippen MR) is 117 cm³/mol. The van der Waals surface area contributed by atoms with Gasteiger partial charge in [-0.1, -0.05) is 36.4 Å². The zero-order valence-corrected chi connectivity index (χ0v) is 18.6. The number of aryl methyl sites for hydroxylation is 1. The normalized spacial score (nSPS) is 19.2. The maximum atomic E-state index is 12.5. The molecule has 0 aliphatic carbocycles.